The third-order valence-electron chi connectivity index (χ3n) is 4.19. The van der Waals surface area contributed by atoms with Crippen molar-refractivity contribution in [3.8, 4) is 11.1 Å². The number of carbonyl (C=O) groups is 1. The van der Waals surface area contributed by atoms with Gasteiger partial charge in [-0.2, -0.15) is 0 Å². The van der Waals surface area contributed by atoms with Gasteiger partial charge in [0.2, 0.25) is 0 Å². The Morgan fingerprint density at radius 1 is 1.04 bits per heavy atom. The topological polar surface area (TPSA) is 42.4 Å². The fraction of sp³-hybridized carbons (Fsp3) is 0.143. The van der Waals surface area contributed by atoms with Crippen LogP contribution in [0, 0.1) is 6.92 Å². The fourth-order valence-corrected chi connectivity index (χ4v) is 2.66. The lowest BCUT2D eigenvalue weighted by Gasteiger charge is -2.17. The Morgan fingerprint density at radius 2 is 1.84 bits per heavy atom. The summed E-state index contributed by atoms with van der Waals surface area (Å²) >= 11 is 0. The average molecular weight is 332 g/mol. The van der Waals surface area contributed by atoms with Crippen molar-refractivity contribution in [1.29, 1.82) is 0 Å². The molecule has 4 nitrogen and oxygen atoms in total. The Balaban J connectivity index is 1.73. The molecule has 0 atom stereocenters. The minimum absolute atomic E-state index is 0.232. The maximum absolute atomic E-state index is 12.3. The van der Waals surface area contributed by atoms with Crippen molar-refractivity contribution >= 4 is 11.8 Å². The summed E-state index contributed by atoms with van der Waals surface area (Å²) in [6, 6.07) is 19.8. The summed E-state index contributed by atoms with van der Waals surface area (Å²) < 4.78 is 5.48. The molecule has 1 aromatic heterocycles. The first-order chi connectivity index (χ1) is 12.2. The number of nitrogens with zero attached hydrogens (tertiary/aromatic N) is 2. The lowest BCUT2D eigenvalue weighted by atomic mass is 9.97. The van der Waals surface area contributed by atoms with E-state index in [1.807, 2.05) is 36.4 Å². The molecule has 0 N–H and O–H groups in total. The van der Waals surface area contributed by atoms with Gasteiger partial charge in [0.1, 0.15) is 6.61 Å². The third kappa shape index (κ3) is 3.86. The summed E-state index contributed by atoms with van der Waals surface area (Å²) in [6.07, 6.45) is 2.89. The molecule has 0 fully saturated rings. The van der Waals surface area contributed by atoms with E-state index in [-0.39, 0.29) is 6.61 Å². The van der Waals surface area contributed by atoms with E-state index in [4.69, 9.17) is 4.74 Å². The number of anilines is 1. The normalized spacial score (nSPS) is 10.3. The Bertz CT molecular complexity index is 848. The molecule has 0 saturated carbocycles. The maximum Gasteiger partial charge on any atom is 0.414 e. The largest absolute Gasteiger partial charge is 0.444 e. The summed E-state index contributed by atoms with van der Waals surface area (Å²) in [4.78, 5) is 17.7. The van der Waals surface area contributed by atoms with Gasteiger partial charge < -0.3 is 4.74 Å². The molecule has 25 heavy (non-hydrogen) atoms. The van der Waals surface area contributed by atoms with Gasteiger partial charge in [0.15, 0.2) is 0 Å². The van der Waals surface area contributed by atoms with Crippen LogP contribution in [0.25, 0.3) is 11.1 Å². The van der Waals surface area contributed by atoms with Crippen LogP contribution in [0.5, 0.6) is 0 Å². The first-order valence-corrected chi connectivity index (χ1v) is 8.11. The predicted octanol–water partition coefficient (Wildman–Crippen LogP) is 4.83. The SMILES string of the molecule is Cc1c(COC(=O)N(C)c2cccnc2)cccc1-c1ccccc1. The molecule has 0 aliphatic heterocycles. The molecule has 0 saturated heterocycles. The molecule has 0 spiro atoms. The highest BCUT2D eigenvalue weighted by molar-refractivity contribution is 5.86. The molecule has 126 valence electrons. The standard InChI is InChI=1S/C21H20N2O2/c1-16-18(10-6-12-20(16)17-8-4-3-5-9-17)15-25-21(24)23(2)19-11-7-13-22-14-19/h3-14H,15H2,1-2H3. The Labute approximate surface area is 147 Å². The van der Waals surface area contributed by atoms with Gasteiger partial charge in [0, 0.05) is 13.2 Å². The second kappa shape index (κ2) is 7.62. The Kier molecular flexibility index (Phi) is 5.09. The van der Waals surface area contributed by atoms with E-state index in [9.17, 15) is 4.79 Å². The molecule has 3 rings (SSSR count). The van der Waals surface area contributed by atoms with Gasteiger partial charge in [-0.05, 0) is 41.3 Å². The van der Waals surface area contributed by atoms with E-state index in [1.165, 1.54) is 4.90 Å². The van der Waals surface area contributed by atoms with Crippen LogP contribution in [0.2, 0.25) is 0 Å². The maximum atomic E-state index is 12.3. The zero-order valence-corrected chi connectivity index (χ0v) is 14.3. The van der Waals surface area contributed by atoms with E-state index in [0.29, 0.717) is 5.69 Å². The smallest absolute Gasteiger partial charge is 0.414 e. The number of aromatic nitrogens is 1. The first-order valence-electron chi connectivity index (χ1n) is 8.11. The number of rotatable bonds is 4. The third-order valence-corrected chi connectivity index (χ3v) is 4.19. The molecule has 1 heterocycles. The lowest BCUT2D eigenvalue weighted by molar-refractivity contribution is 0.148. The van der Waals surface area contributed by atoms with E-state index in [2.05, 4.69) is 30.1 Å². The fourth-order valence-electron chi connectivity index (χ4n) is 2.66. The number of ether oxygens (including phenoxy) is 1. The molecule has 3 aromatic rings. The van der Waals surface area contributed by atoms with Gasteiger partial charge >= 0.3 is 6.09 Å². The van der Waals surface area contributed by atoms with Gasteiger partial charge in [-0.1, -0.05) is 48.5 Å². The highest BCUT2D eigenvalue weighted by Gasteiger charge is 2.14. The molecule has 2 aromatic carbocycles. The number of hydrogen-bond donors (Lipinski definition) is 0. The number of amides is 1. The minimum Gasteiger partial charge on any atom is -0.444 e. The van der Waals surface area contributed by atoms with Crippen molar-refractivity contribution in [3.63, 3.8) is 0 Å². The summed E-state index contributed by atoms with van der Waals surface area (Å²) in [5.41, 5.74) is 5.11. The number of benzene rings is 2. The van der Waals surface area contributed by atoms with Gasteiger partial charge in [-0.3, -0.25) is 9.88 Å². The zero-order valence-electron chi connectivity index (χ0n) is 14.3. The quantitative estimate of drug-likeness (QED) is 0.687. The second-order valence-corrected chi connectivity index (χ2v) is 5.78. The van der Waals surface area contributed by atoms with Crippen LogP contribution in [0.1, 0.15) is 11.1 Å². The Hall–Kier alpha value is -3.14. The van der Waals surface area contributed by atoms with Crippen LogP contribution < -0.4 is 4.90 Å². The molecule has 0 radical (unpaired) electrons. The van der Waals surface area contributed by atoms with Gasteiger partial charge in [0.05, 0.1) is 11.9 Å². The van der Waals surface area contributed by atoms with Crippen molar-refractivity contribution in [2.75, 3.05) is 11.9 Å². The van der Waals surface area contributed by atoms with Crippen LogP contribution in [0.3, 0.4) is 0 Å². The summed E-state index contributed by atoms with van der Waals surface area (Å²) in [7, 11) is 1.67. The van der Waals surface area contributed by atoms with Crippen LogP contribution in [-0.2, 0) is 11.3 Å². The van der Waals surface area contributed by atoms with E-state index >= 15 is 0 Å². The number of hydrogen-bond acceptors (Lipinski definition) is 3. The molecular formula is C21H20N2O2. The van der Waals surface area contributed by atoms with Crippen LogP contribution in [-0.4, -0.2) is 18.1 Å². The molecule has 0 aliphatic rings. The van der Waals surface area contributed by atoms with E-state index in [0.717, 1.165) is 22.3 Å². The van der Waals surface area contributed by atoms with Crippen molar-refractivity contribution in [1.82, 2.24) is 4.98 Å². The van der Waals surface area contributed by atoms with Crippen LogP contribution in [0.4, 0.5) is 10.5 Å². The highest BCUT2D eigenvalue weighted by Crippen LogP contribution is 2.26. The minimum atomic E-state index is -0.405. The summed E-state index contributed by atoms with van der Waals surface area (Å²) in [6.45, 7) is 2.28. The van der Waals surface area contributed by atoms with E-state index < -0.39 is 6.09 Å². The van der Waals surface area contributed by atoms with Crippen LogP contribution in [0.15, 0.2) is 73.1 Å². The Morgan fingerprint density at radius 3 is 2.56 bits per heavy atom. The molecule has 0 unspecified atom stereocenters. The van der Waals surface area contributed by atoms with Gasteiger partial charge in [-0.15, -0.1) is 0 Å². The lowest BCUT2D eigenvalue weighted by Crippen LogP contribution is -2.27. The highest BCUT2D eigenvalue weighted by atomic mass is 16.6. The number of pyridine rings is 1. The molecule has 0 bridgehead atoms. The number of carbonyl (C=O) groups excluding carboxylic acids is 1. The average Bonchev–Trinajstić information content (AvgIpc) is 2.67. The molecule has 0 aliphatic carbocycles. The molecule has 1 amide bonds. The van der Waals surface area contributed by atoms with Gasteiger partial charge in [-0.25, -0.2) is 4.79 Å². The molecular weight excluding hydrogens is 312 g/mol. The predicted molar refractivity (Wildman–Crippen MR) is 99.4 cm³/mol. The monoisotopic (exact) mass is 332 g/mol. The van der Waals surface area contributed by atoms with Crippen molar-refractivity contribution in [2.24, 2.45) is 0 Å². The van der Waals surface area contributed by atoms with Crippen molar-refractivity contribution in [2.45, 2.75) is 13.5 Å². The van der Waals surface area contributed by atoms with E-state index in [1.54, 1.807) is 25.5 Å². The second-order valence-electron chi connectivity index (χ2n) is 5.78. The molecule has 4 heteroatoms. The van der Waals surface area contributed by atoms with Crippen molar-refractivity contribution in [3.05, 3.63) is 84.2 Å². The summed E-state index contributed by atoms with van der Waals surface area (Å²) in [5, 5.41) is 0. The van der Waals surface area contributed by atoms with Crippen LogP contribution >= 0.6 is 0 Å². The van der Waals surface area contributed by atoms with Crippen molar-refractivity contribution < 1.29 is 9.53 Å². The first kappa shape index (κ1) is 16.7. The zero-order chi connectivity index (χ0) is 17.6. The summed E-state index contributed by atoms with van der Waals surface area (Å²) in [5.74, 6) is 0. The van der Waals surface area contributed by atoms with Gasteiger partial charge in [0.25, 0.3) is 0 Å².